The van der Waals surface area contributed by atoms with Gasteiger partial charge in [-0.2, -0.15) is 0 Å². The van der Waals surface area contributed by atoms with Gasteiger partial charge in [-0.05, 0) is 0 Å². The van der Waals surface area contributed by atoms with Crippen molar-refractivity contribution >= 4 is 58.2 Å². The SMILES string of the molecule is N#[C][Fe].O.O.O.[RbH]. The van der Waals surface area contributed by atoms with Crippen LogP contribution in [0.2, 0.25) is 0 Å². The van der Waals surface area contributed by atoms with Gasteiger partial charge in [0.15, 0.2) is 0 Å². The summed E-state index contributed by atoms with van der Waals surface area (Å²) in [6.45, 7) is 0. The Bertz CT molecular complexity index is 36.4. The van der Waals surface area contributed by atoms with E-state index in [0.717, 1.165) is 0 Å². The zero-order valence-electron chi connectivity index (χ0n) is 2.80. The van der Waals surface area contributed by atoms with Crippen molar-refractivity contribution in [3.05, 3.63) is 0 Å². The maximum absolute atomic E-state index is 7.21. The molecule has 0 unspecified atom stereocenters. The molecule has 0 aliphatic rings. The van der Waals surface area contributed by atoms with Crippen LogP contribution in [0.1, 0.15) is 0 Å². The summed E-state index contributed by atoms with van der Waals surface area (Å²) in [7, 11) is 0. The van der Waals surface area contributed by atoms with Crippen LogP contribution in [0.3, 0.4) is 0 Å². The molecule has 0 aromatic rings. The van der Waals surface area contributed by atoms with Crippen molar-refractivity contribution in [3.8, 4) is 4.97 Å². The molecule has 4 nitrogen and oxygen atoms in total. The number of rotatable bonds is 0. The molecule has 0 atom stereocenters. The van der Waals surface area contributed by atoms with Crippen molar-refractivity contribution in [1.29, 1.82) is 5.26 Å². The van der Waals surface area contributed by atoms with Crippen LogP contribution in [-0.4, -0.2) is 74.6 Å². The maximum atomic E-state index is 7.21. The van der Waals surface area contributed by atoms with E-state index >= 15 is 0 Å². The normalized spacial score (nSPS) is 1.14. The predicted octanol–water partition coefficient (Wildman–Crippen LogP) is -3.11. The topological polar surface area (TPSA) is 118 Å². The Morgan fingerprint density at radius 2 is 1.14 bits per heavy atom. The molecule has 0 radical (unpaired) electrons. The number of hydrogen-bond donors (Lipinski definition) is 0. The van der Waals surface area contributed by atoms with Gasteiger partial charge in [0, 0.05) is 0 Å². The Morgan fingerprint density at radius 1 is 1.14 bits per heavy atom. The average Bonchev–Trinajstić information content (AvgIpc) is 0.918. The third kappa shape index (κ3) is 86.9. The molecule has 0 rings (SSSR count). The van der Waals surface area contributed by atoms with Crippen LogP contribution < -0.4 is 0 Å². The van der Waals surface area contributed by atoms with E-state index in [4.69, 9.17) is 5.26 Å². The van der Waals surface area contributed by atoms with E-state index in [1.165, 1.54) is 4.97 Å². The third-order valence-corrected chi connectivity index (χ3v) is 0. The summed E-state index contributed by atoms with van der Waals surface area (Å²) in [5.74, 6) is 0. The molecule has 0 heterocycles. The first-order chi connectivity index (χ1) is 1.41. The standard InChI is InChI=1S/CN.Fe.3H2O.Rb.H/c1-2;;;;;;/h;;3*1H2;;. The summed E-state index contributed by atoms with van der Waals surface area (Å²) in [6, 6.07) is 0. The van der Waals surface area contributed by atoms with E-state index in [-0.39, 0.29) is 74.6 Å². The van der Waals surface area contributed by atoms with Crippen LogP contribution in [0.5, 0.6) is 0 Å². The number of hydrogen-bond acceptors (Lipinski definition) is 1. The van der Waals surface area contributed by atoms with E-state index in [0.29, 0.717) is 0 Å². The first-order valence-corrected chi connectivity index (χ1v) is 0.952. The molecule has 6 heteroatoms. The van der Waals surface area contributed by atoms with Crippen molar-refractivity contribution in [2.75, 3.05) is 0 Å². The minimum absolute atomic E-state index is 0. The summed E-state index contributed by atoms with van der Waals surface area (Å²) in [4.78, 5) is 1.50. The van der Waals surface area contributed by atoms with Crippen LogP contribution in [0.25, 0.3) is 0 Å². The van der Waals surface area contributed by atoms with Gasteiger partial charge >= 0.3 is 84.4 Å². The number of nitrogens with zero attached hydrogens (tertiary/aromatic N) is 1. The van der Waals surface area contributed by atoms with Gasteiger partial charge in [-0.1, -0.05) is 0 Å². The van der Waals surface area contributed by atoms with E-state index in [1.54, 1.807) is 0 Å². The zero-order valence-corrected chi connectivity index (χ0v) is 3.90. The van der Waals surface area contributed by atoms with Crippen molar-refractivity contribution in [2.24, 2.45) is 0 Å². The molecule has 7 heavy (non-hydrogen) atoms. The molecular formula is CH7FeNO3Rb. The Hall–Kier alpha value is 1.69. The number of nitriles is 1. The van der Waals surface area contributed by atoms with E-state index in [1.807, 2.05) is 0 Å². The Balaban J connectivity index is -0.00000000333. The Labute approximate surface area is 98.8 Å². The quantitative estimate of drug-likeness (QED) is 0.396. The fourth-order valence-corrected chi connectivity index (χ4v) is 0. The van der Waals surface area contributed by atoms with Gasteiger partial charge in [-0.25, -0.2) is 0 Å². The fraction of sp³-hybridized carbons (Fsp3) is 0. The molecule has 6 N–H and O–H groups in total. The second-order valence-corrected chi connectivity index (χ2v) is 0.326. The molecule has 0 saturated heterocycles. The first-order valence-electron chi connectivity index (χ1n) is 0.400. The molecule has 0 aliphatic carbocycles. The molecule has 0 saturated carbocycles. The summed E-state index contributed by atoms with van der Waals surface area (Å²) in [5, 5.41) is 7.21. The summed E-state index contributed by atoms with van der Waals surface area (Å²) in [5.41, 5.74) is 0. The molecular weight excluding hydrogens is 215 g/mol. The van der Waals surface area contributed by atoms with Gasteiger partial charge in [0.1, 0.15) is 0 Å². The van der Waals surface area contributed by atoms with Gasteiger partial charge in [0.25, 0.3) is 0 Å². The summed E-state index contributed by atoms with van der Waals surface area (Å²) in [6.07, 6.45) is 0. The van der Waals surface area contributed by atoms with Crippen molar-refractivity contribution < 1.29 is 32.4 Å². The second kappa shape index (κ2) is 47.5. The van der Waals surface area contributed by atoms with Crippen LogP contribution in [-0.2, 0) is 16.0 Å². The molecule has 0 fully saturated rings. The van der Waals surface area contributed by atoms with Crippen LogP contribution in [0.15, 0.2) is 0 Å². The van der Waals surface area contributed by atoms with Gasteiger partial charge in [-0.15, -0.1) is 0 Å². The van der Waals surface area contributed by atoms with Crippen LogP contribution in [0, 0.1) is 10.2 Å². The van der Waals surface area contributed by atoms with Crippen LogP contribution >= 0.6 is 0 Å². The fourth-order valence-electron chi connectivity index (χ4n) is 0. The Morgan fingerprint density at radius 3 is 1.14 bits per heavy atom. The summed E-state index contributed by atoms with van der Waals surface area (Å²) < 4.78 is 0. The predicted molar refractivity (Wildman–Crippen MR) is 23.6 cm³/mol. The molecule has 0 aliphatic heterocycles. The monoisotopic (exact) mass is 222 g/mol. The molecule has 0 aromatic heterocycles. The van der Waals surface area contributed by atoms with Gasteiger partial charge < -0.3 is 16.4 Å². The van der Waals surface area contributed by atoms with E-state index in [9.17, 15) is 0 Å². The molecule has 43 valence electrons. The molecule has 0 spiro atoms. The average molecular weight is 222 g/mol. The van der Waals surface area contributed by atoms with E-state index < -0.39 is 0 Å². The van der Waals surface area contributed by atoms with Crippen molar-refractivity contribution in [1.82, 2.24) is 0 Å². The first kappa shape index (κ1) is 37.7. The van der Waals surface area contributed by atoms with Gasteiger partial charge in [-0.3, -0.25) is 0 Å². The third-order valence-electron chi connectivity index (χ3n) is 0. The van der Waals surface area contributed by atoms with Gasteiger partial charge in [0.05, 0.1) is 0 Å². The van der Waals surface area contributed by atoms with Crippen molar-refractivity contribution in [3.63, 3.8) is 0 Å². The minimum atomic E-state index is 0. The summed E-state index contributed by atoms with van der Waals surface area (Å²) >= 11 is 2.79. The van der Waals surface area contributed by atoms with Crippen LogP contribution in [0.4, 0.5) is 0 Å². The molecule has 0 bridgehead atoms. The second-order valence-electron chi connectivity index (χ2n) is 0.0791. The molecule has 0 amide bonds. The molecule has 0 aromatic carbocycles. The van der Waals surface area contributed by atoms with Crippen molar-refractivity contribution in [2.45, 2.75) is 0 Å². The van der Waals surface area contributed by atoms with E-state index in [2.05, 4.69) is 16.0 Å². The van der Waals surface area contributed by atoms with Gasteiger partial charge in [0.2, 0.25) is 0 Å². The zero-order chi connectivity index (χ0) is 2.71. The Kier molecular flexibility index (Phi) is 256.